The van der Waals surface area contributed by atoms with Gasteiger partial charge in [0, 0.05) is 132 Å². The van der Waals surface area contributed by atoms with E-state index in [1.54, 1.807) is 0 Å². The van der Waals surface area contributed by atoms with E-state index in [4.69, 9.17) is 18.9 Å². The van der Waals surface area contributed by atoms with Crippen LogP contribution in [0.1, 0.15) is 0 Å². The van der Waals surface area contributed by atoms with Gasteiger partial charge >= 0.3 is 0 Å². The second kappa shape index (κ2) is 19.0. The van der Waals surface area contributed by atoms with Crippen molar-refractivity contribution in [3.05, 3.63) is 261 Å². The first-order valence-corrected chi connectivity index (χ1v) is 29.7. The van der Waals surface area contributed by atoms with E-state index < -0.39 is 0 Å². The van der Waals surface area contributed by atoms with Gasteiger partial charge in [-0.15, -0.1) is 0 Å². The van der Waals surface area contributed by atoms with E-state index in [0.29, 0.717) is 5.75 Å². The standard InChI is InChI=1S/C75H52B3N5O4/c1-79-63-45-64-58(43-57(63)76-55-33-19-21-35-61(55)82(47-23-9-4-10-24-47)69-40-52(37-66(79)73(69)76)84-49-27-13-6-14-28-49)78-60-44-59-65(46-71(60)87-72-42-54(39-68(75(72)78)80(64)2)86-51-31-17-8-18-32-51)81(3)67-38-53(85-50-29-15-7-16-30-50)41-70-74(67)77(59)56-34-20-22-36-62(56)83(70)48-25-11-5-12-26-48/h4-46H,1-3H3. The van der Waals surface area contributed by atoms with E-state index >= 15 is 0 Å². The minimum atomic E-state index is -0.230. The number of hydrogen-bond acceptors (Lipinski definition) is 9. The van der Waals surface area contributed by atoms with Crippen molar-refractivity contribution in [1.29, 1.82) is 0 Å². The van der Waals surface area contributed by atoms with Gasteiger partial charge in [-0.1, -0.05) is 140 Å². The number of rotatable bonds is 8. The average molecular weight is 1120 g/mol. The molecule has 0 amide bonds. The van der Waals surface area contributed by atoms with Crippen molar-refractivity contribution in [2.24, 2.45) is 0 Å². The van der Waals surface area contributed by atoms with Crippen LogP contribution in [0.5, 0.6) is 46.0 Å². The van der Waals surface area contributed by atoms with Crippen LogP contribution in [0.15, 0.2) is 261 Å². The van der Waals surface area contributed by atoms with Gasteiger partial charge in [0.1, 0.15) is 46.0 Å². The van der Waals surface area contributed by atoms with Gasteiger partial charge in [-0.05, 0) is 128 Å². The predicted molar refractivity (Wildman–Crippen MR) is 359 cm³/mol. The third-order valence-corrected chi connectivity index (χ3v) is 18.6. The number of benzene rings is 12. The molecule has 0 saturated carbocycles. The summed E-state index contributed by atoms with van der Waals surface area (Å²) in [6.45, 7) is -0.475. The van der Waals surface area contributed by atoms with Gasteiger partial charge in [-0.3, -0.25) is 0 Å². The molecule has 0 fully saturated rings. The molecule has 0 bridgehead atoms. The molecule has 6 aliphatic heterocycles. The highest BCUT2D eigenvalue weighted by Gasteiger charge is 2.49. The van der Waals surface area contributed by atoms with Crippen LogP contribution < -0.4 is 92.6 Å². The van der Waals surface area contributed by atoms with E-state index in [-0.39, 0.29) is 20.1 Å². The normalized spacial score (nSPS) is 13.8. The summed E-state index contributed by atoms with van der Waals surface area (Å²) < 4.78 is 27.8. The van der Waals surface area contributed by atoms with Crippen LogP contribution in [0, 0.1) is 0 Å². The number of ether oxygens (including phenoxy) is 4. The van der Waals surface area contributed by atoms with Crippen LogP contribution in [0.2, 0.25) is 0 Å². The Bertz CT molecular complexity index is 4810. The molecular weight excluding hydrogens is 1070 g/mol. The minimum Gasteiger partial charge on any atom is -0.458 e. The Kier molecular flexibility index (Phi) is 10.8. The summed E-state index contributed by atoms with van der Waals surface area (Å²) in [6, 6.07) is 92.5. The number of para-hydroxylation sites is 7. The second-order valence-corrected chi connectivity index (χ2v) is 23.3. The second-order valence-electron chi connectivity index (χ2n) is 23.3. The molecule has 12 heteroatoms. The van der Waals surface area contributed by atoms with Crippen LogP contribution in [0.3, 0.4) is 0 Å². The Balaban J connectivity index is 0.864. The number of fused-ring (bicyclic) bond motifs is 12. The fourth-order valence-electron chi connectivity index (χ4n) is 14.9. The first kappa shape index (κ1) is 49.5. The van der Waals surface area contributed by atoms with Crippen LogP contribution in [-0.2, 0) is 0 Å². The van der Waals surface area contributed by atoms with Crippen molar-refractivity contribution in [1.82, 2.24) is 0 Å². The van der Waals surface area contributed by atoms with Gasteiger partial charge < -0.3 is 43.4 Å². The molecule has 12 aromatic rings. The highest BCUT2D eigenvalue weighted by molar-refractivity contribution is 7.04. The molecule has 0 aromatic heterocycles. The van der Waals surface area contributed by atoms with E-state index in [1.165, 1.54) is 38.2 Å². The topological polar surface area (TPSA) is 53.1 Å². The van der Waals surface area contributed by atoms with Crippen LogP contribution in [0.25, 0.3) is 0 Å². The molecule has 87 heavy (non-hydrogen) atoms. The molecule has 12 aromatic carbocycles. The monoisotopic (exact) mass is 1120 g/mol. The van der Waals surface area contributed by atoms with E-state index in [1.807, 2.05) is 91.0 Å². The number of nitrogens with zero attached hydrogens (tertiary/aromatic N) is 5. The lowest BCUT2D eigenvalue weighted by Crippen LogP contribution is -2.66. The summed E-state index contributed by atoms with van der Waals surface area (Å²) in [5, 5.41) is 0. The van der Waals surface area contributed by atoms with Crippen molar-refractivity contribution in [2.75, 3.05) is 45.6 Å². The summed E-state index contributed by atoms with van der Waals surface area (Å²) in [4.78, 5) is 11.9. The van der Waals surface area contributed by atoms with Crippen LogP contribution >= 0.6 is 0 Å². The zero-order chi connectivity index (χ0) is 57.6. The lowest BCUT2D eigenvalue weighted by atomic mass is 9.29. The highest BCUT2D eigenvalue weighted by atomic mass is 16.5. The Labute approximate surface area is 506 Å². The fraction of sp³-hybridized carbons (Fsp3) is 0.0400. The number of anilines is 12. The van der Waals surface area contributed by atoms with E-state index in [0.717, 1.165) is 119 Å². The smallest absolute Gasteiger partial charge is 0.256 e. The van der Waals surface area contributed by atoms with Gasteiger partial charge in [0.05, 0.1) is 0 Å². The Hall–Kier alpha value is -11.0. The highest BCUT2D eigenvalue weighted by Crippen LogP contribution is 2.48. The van der Waals surface area contributed by atoms with Crippen LogP contribution in [-0.4, -0.2) is 41.3 Å². The van der Waals surface area contributed by atoms with Crippen LogP contribution in [0.4, 0.5) is 68.2 Å². The zero-order valence-corrected chi connectivity index (χ0v) is 47.9. The minimum absolute atomic E-state index is 0.116. The van der Waals surface area contributed by atoms with Crippen molar-refractivity contribution in [3.8, 4) is 46.0 Å². The summed E-state index contributed by atoms with van der Waals surface area (Å²) in [5.41, 5.74) is 23.9. The van der Waals surface area contributed by atoms with Gasteiger partial charge in [0.25, 0.3) is 20.1 Å². The van der Waals surface area contributed by atoms with Crippen molar-refractivity contribution in [2.45, 2.75) is 0 Å². The van der Waals surface area contributed by atoms with Crippen molar-refractivity contribution in [3.63, 3.8) is 0 Å². The molecule has 0 radical (unpaired) electrons. The summed E-state index contributed by atoms with van der Waals surface area (Å²) >= 11 is 0. The van der Waals surface area contributed by atoms with Crippen molar-refractivity contribution >= 4 is 138 Å². The summed E-state index contributed by atoms with van der Waals surface area (Å²) in [6.07, 6.45) is 0. The lowest BCUT2D eigenvalue weighted by molar-refractivity contribution is 0.463. The lowest BCUT2D eigenvalue weighted by Gasteiger charge is -2.45. The molecule has 18 rings (SSSR count). The third-order valence-electron chi connectivity index (χ3n) is 18.6. The first-order chi connectivity index (χ1) is 42.9. The van der Waals surface area contributed by atoms with Gasteiger partial charge in [0.15, 0.2) is 0 Å². The zero-order valence-electron chi connectivity index (χ0n) is 47.9. The SMILES string of the molecule is CN1c2cc3c(cc2B2c4cc5c(cc4Oc4cc(Oc6ccccc6)cc1c42)N(C)c1cc(Oc2ccccc2)cc2c1B5c1ccccc1N2c1ccccc1)B1c2ccccc2N(c2ccccc2)c2cc(Oc4ccccc4)cc(c21)N3C. The first-order valence-electron chi connectivity index (χ1n) is 29.7. The molecule has 0 spiro atoms. The quantitative estimate of drug-likeness (QED) is 0.139. The maximum absolute atomic E-state index is 7.43. The molecule has 0 atom stereocenters. The maximum Gasteiger partial charge on any atom is 0.256 e. The Morgan fingerprint density at radius 2 is 0.598 bits per heavy atom. The molecule has 0 unspecified atom stereocenters. The Morgan fingerprint density at radius 1 is 0.253 bits per heavy atom. The van der Waals surface area contributed by atoms with E-state index in [9.17, 15) is 0 Å². The molecule has 0 aliphatic carbocycles. The Morgan fingerprint density at radius 3 is 1.05 bits per heavy atom. The van der Waals surface area contributed by atoms with E-state index in [2.05, 4.69) is 216 Å². The molecule has 0 saturated heterocycles. The predicted octanol–water partition coefficient (Wildman–Crippen LogP) is 12.5. The van der Waals surface area contributed by atoms with Gasteiger partial charge in [-0.2, -0.15) is 0 Å². The largest absolute Gasteiger partial charge is 0.458 e. The molecule has 0 N–H and O–H groups in total. The summed E-state index contributed by atoms with van der Waals surface area (Å²) in [5.74, 6) is 6.11. The van der Waals surface area contributed by atoms with Crippen molar-refractivity contribution < 1.29 is 18.9 Å². The molecule has 6 heterocycles. The van der Waals surface area contributed by atoms with Gasteiger partial charge in [0.2, 0.25) is 0 Å². The fourth-order valence-corrected chi connectivity index (χ4v) is 14.9. The maximum atomic E-state index is 7.43. The number of hydrogen-bond donors (Lipinski definition) is 0. The summed E-state index contributed by atoms with van der Waals surface area (Å²) in [7, 11) is 6.60. The molecule has 6 aliphatic rings. The average Bonchev–Trinajstić information content (AvgIpc) is 0.756. The molecule has 9 nitrogen and oxygen atoms in total. The molecular formula is C75H52B3N5O4. The molecule has 410 valence electrons. The third kappa shape index (κ3) is 7.50. The van der Waals surface area contributed by atoms with Gasteiger partial charge in [-0.25, -0.2) is 0 Å².